The molecular formula is C13H18F2N2O3S. The maximum absolute atomic E-state index is 13.1. The molecule has 118 valence electrons. The number of benzene rings is 1. The monoisotopic (exact) mass is 320 g/mol. The number of carbonyl (C=O) groups excluding carboxylic acids is 1. The Labute approximate surface area is 122 Å². The van der Waals surface area contributed by atoms with Crippen LogP contribution in [0.25, 0.3) is 0 Å². The summed E-state index contributed by atoms with van der Waals surface area (Å²) in [5.41, 5.74) is 0.408. The number of nitrogens with one attached hydrogen (secondary N) is 2. The second-order valence-corrected chi connectivity index (χ2v) is 7.00. The van der Waals surface area contributed by atoms with E-state index in [0.717, 1.165) is 12.1 Å². The van der Waals surface area contributed by atoms with E-state index in [1.54, 1.807) is 6.92 Å². The highest BCUT2D eigenvalue weighted by molar-refractivity contribution is 7.91. The van der Waals surface area contributed by atoms with E-state index in [9.17, 15) is 22.0 Å². The highest BCUT2D eigenvalue weighted by Gasteiger charge is 2.13. The van der Waals surface area contributed by atoms with Gasteiger partial charge in [-0.3, -0.25) is 0 Å². The fraction of sp³-hybridized carbons (Fsp3) is 0.462. The molecule has 0 aromatic heterocycles. The molecule has 1 aromatic carbocycles. The summed E-state index contributed by atoms with van der Waals surface area (Å²) in [5.74, 6) is -2.08. The lowest BCUT2D eigenvalue weighted by Gasteiger charge is -2.15. The van der Waals surface area contributed by atoms with Gasteiger partial charge in [-0.25, -0.2) is 22.0 Å². The molecule has 0 heterocycles. The molecule has 1 unspecified atom stereocenters. The minimum Gasteiger partial charge on any atom is -0.337 e. The van der Waals surface area contributed by atoms with Crippen LogP contribution in [0.15, 0.2) is 18.2 Å². The summed E-state index contributed by atoms with van der Waals surface area (Å²) in [6.07, 6.45) is 0. The third-order valence-electron chi connectivity index (χ3n) is 2.93. The van der Waals surface area contributed by atoms with Crippen molar-refractivity contribution >= 4 is 15.9 Å². The molecule has 0 aliphatic rings. The fourth-order valence-corrected chi connectivity index (χ4v) is 2.28. The topological polar surface area (TPSA) is 75.3 Å². The molecule has 0 aliphatic carbocycles. The van der Waals surface area contributed by atoms with Crippen LogP contribution in [0.1, 0.15) is 25.5 Å². The molecule has 0 aliphatic heterocycles. The molecule has 2 N–H and O–H groups in total. The number of rotatable bonds is 6. The van der Waals surface area contributed by atoms with E-state index in [0.29, 0.717) is 5.56 Å². The summed E-state index contributed by atoms with van der Waals surface area (Å²) in [4.78, 5) is 11.6. The first-order chi connectivity index (χ1) is 9.75. The maximum Gasteiger partial charge on any atom is 0.315 e. The van der Waals surface area contributed by atoms with E-state index in [2.05, 4.69) is 10.6 Å². The van der Waals surface area contributed by atoms with E-state index < -0.39 is 33.5 Å². The van der Waals surface area contributed by atoms with E-state index in [-0.39, 0.29) is 18.1 Å². The Morgan fingerprint density at radius 1 is 1.29 bits per heavy atom. The van der Waals surface area contributed by atoms with Crippen LogP contribution >= 0.6 is 0 Å². The van der Waals surface area contributed by atoms with Gasteiger partial charge in [0.15, 0.2) is 21.5 Å². The van der Waals surface area contributed by atoms with Crippen LogP contribution in [0.5, 0.6) is 0 Å². The standard InChI is InChI=1S/C13H18F2N2O3S/c1-3-21(19,20)7-6-16-13(18)17-9(2)10-4-5-11(14)12(15)8-10/h4-5,8-9H,3,6-7H2,1-2H3,(H2,16,17,18). The minimum atomic E-state index is -3.14. The number of sulfone groups is 1. The van der Waals surface area contributed by atoms with Crippen LogP contribution < -0.4 is 10.6 Å². The molecule has 0 spiro atoms. The third kappa shape index (κ3) is 5.66. The lowest BCUT2D eigenvalue weighted by atomic mass is 10.1. The maximum atomic E-state index is 13.1. The van der Waals surface area contributed by atoms with Crippen molar-refractivity contribution in [2.45, 2.75) is 19.9 Å². The normalized spacial score (nSPS) is 12.8. The zero-order valence-electron chi connectivity index (χ0n) is 11.8. The summed E-state index contributed by atoms with van der Waals surface area (Å²) in [6, 6.07) is 2.24. The van der Waals surface area contributed by atoms with Gasteiger partial charge < -0.3 is 10.6 Å². The number of hydrogen-bond acceptors (Lipinski definition) is 3. The lowest BCUT2D eigenvalue weighted by molar-refractivity contribution is 0.238. The third-order valence-corrected chi connectivity index (χ3v) is 4.64. The number of halogens is 2. The average Bonchev–Trinajstić information content (AvgIpc) is 2.41. The van der Waals surface area contributed by atoms with Gasteiger partial charge >= 0.3 is 6.03 Å². The smallest absolute Gasteiger partial charge is 0.315 e. The van der Waals surface area contributed by atoms with Gasteiger partial charge in [-0.2, -0.15) is 0 Å². The average molecular weight is 320 g/mol. The van der Waals surface area contributed by atoms with Crippen LogP contribution in [0.2, 0.25) is 0 Å². The molecule has 0 saturated carbocycles. The molecule has 21 heavy (non-hydrogen) atoms. The Morgan fingerprint density at radius 2 is 1.95 bits per heavy atom. The summed E-state index contributed by atoms with van der Waals surface area (Å²) in [7, 11) is -3.14. The highest BCUT2D eigenvalue weighted by atomic mass is 32.2. The number of hydrogen-bond donors (Lipinski definition) is 2. The Bertz CT molecular complexity index is 605. The van der Waals surface area contributed by atoms with Crippen molar-refractivity contribution in [3.8, 4) is 0 Å². The Kier molecular flexibility index (Phi) is 6.07. The molecule has 1 atom stereocenters. The number of urea groups is 1. The van der Waals surface area contributed by atoms with Gasteiger partial charge in [-0.05, 0) is 24.6 Å². The molecule has 1 rings (SSSR count). The Hall–Kier alpha value is -1.70. The minimum absolute atomic E-state index is 0.00743. The van der Waals surface area contributed by atoms with Gasteiger partial charge in [0.25, 0.3) is 0 Å². The van der Waals surface area contributed by atoms with Crippen LogP contribution in [0.4, 0.5) is 13.6 Å². The molecular weight excluding hydrogens is 302 g/mol. The molecule has 5 nitrogen and oxygen atoms in total. The molecule has 0 bridgehead atoms. The van der Waals surface area contributed by atoms with Crippen molar-refractivity contribution in [1.82, 2.24) is 10.6 Å². The molecule has 0 fully saturated rings. The van der Waals surface area contributed by atoms with Crippen molar-refractivity contribution in [2.24, 2.45) is 0 Å². The van der Waals surface area contributed by atoms with Crippen LogP contribution in [-0.2, 0) is 9.84 Å². The summed E-state index contributed by atoms with van der Waals surface area (Å²) in [5, 5.41) is 4.92. The van der Waals surface area contributed by atoms with Crippen molar-refractivity contribution < 1.29 is 22.0 Å². The van der Waals surface area contributed by atoms with Gasteiger partial charge in [0.1, 0.15) is 0 Å². The fourth-order valence-electron chi connectivity index (χ4n) is 1.58. The van der Waals surface area contributed by atoms with Crippen molar-refractivity contribution in [3.63, 3.8) is 0 Å². The second kappa shape index (κ2) is 7.35. The molecule has 0 radical (unpaired) electrons. The molecule has 1 aromatic rings. The predicted octanol–water partition coefficient (Wildman–Crippen LogP) is 1.76. The molecule has 0 saturated heterocycles. The van der Waals surface area contributed by atoms with E-state index in [1.165, 1.54) is 13.0 Å². The zero-order chi connectivity index (χ0) is 16.0. The SMILES string of the molecule is CCS(=O)(=O)CCNC(=O)NC(C)c1ccc(F)c(F)c1. The lowest BCUT2D eigenvalue weighted by Crippen LogP contribution is -2.39. The van der Waals surface area contributed by atoms with Gasteiger partial charge in [-0.15, -0.1) is 0 Å². The number of carbonyl (C=O) groups is 1. The van der Waals surface area contributed by atoms with E-state index in [4.69, 9.17) is 0 Å². The summed E-state index contributed by atoms with van der Waals surface area (Å²) in [6.45, 7) is 3.13. The summed E-state index contributed by atoms with van der Waals surface area (Å²) < 4.78 is 48.4. The molecule has 8 heteroatoms. The van der Waals surface area contributed by atoms with Gasteiger partial charge in [0, 0.05) is 12.3 Å². The van der Waals surface area contributed by atoms with Crippen molar-refractivity contribution in [1.29, 1.82) is 0 Å². The first kappa shape index (κ1) is 17.4. The largest absolute Gasteiger partial charge is 0.337 e. The first-order valence-corrected chi connectivity index (χ1v) is 8.27. The molecule has 2 amide bonds. The number of amides is 2. The van der Waals surface area contributed by atoms with Crippen molar-refractivity contribution in [3.05, 3.63) is 35.4 Å². The van der Waals surface area contributed by atoms with Gasteiger partial charge in [0.05, 0.1) is 11.8 Å². The highest BCUT2D eigenvalue weighted by Crippen LogP contribution is 2.15. The van der Waals surface area contributed by atoms with Crippen LogP contribution in [-0.4, -0.2) is 32.5 Å². The second-order valence-electron chi connectivity index (χ2n) is 4.53. The van der Waals surface area contributed by atoms with Gasteiger partial charge in [0.2, 0.25) is 0 Å². The Morgan fingerprint density at radius 3 is 2.52 bits per heavy atom. The van der Waals surface area contributed by atoms with Gasteiger partial charge in [-0.1, -0.05) is 13.0 Å². The van der Waals surface area contributed by atoms with Crippen molar-refractivity contribution in [2.75, 3.05) is 18.1 Å². The Balaban J connectivity index is 2.49. The first-order valence-electron chi connectivity index (χ1n) is 6.45. The van der Waals surface area contributed by atoms with Crippen LogP contribution in [0.3, 0.4) is 0 Å². The van der Waals surface area contributed by atoms with Crippen LogP contribution in [0, 0.1) is 11.6 Å². The predicted molar refractivity (Wildman–Crippen MR) is 75.6 cm³/mol. The van der Waals surface area contributed by atoms with E-state index >= 15 is 0 Å². The van der Waals surface area contributed by atoms with E-state index in [1.807, 2.05) is 0 Å². The quantitative estimate of drug-likeness (QED) is 0.838. The summed E-state index contributed by atoms with van der Waals surface area (Å²) >= 11 is 0. The zero-order valence-corrected chi connectivity index (χ0v) is 12.6.